The molecule has 0 aliphatic rings. The van der Waals surface area contributed by atoms with Crippen LogP contribution in [0.2, 0.25) is 5.02 Å². The molecule has 1 atom stereocenters. The Bertz CT molecular complexity index is 487. The van der Waals surface area contributed by atoms with Crippen LogP contribution in [0, 0.1) is 0 Å². The first-order valence-electron chi connectivity index (χ1n) is 6.04. The molecule has 1 unspecified atom stereocenters. The van der Waals surface area contributed by atoms with E-state index in [0.717, 1.165) is 24.2 Å². The molecule has 0 bridgehead atoms. The van der Waals surface area contributed by atoms with Crippen molar-refractivity contribution >= 4 is 11.6 Å². The Morgan fingerprint density at radius 2 is 2.17 bits per heavy atom. The van der Waals surface area contributed by atoms with Crippen LogP contribution < -0.4 is 5.32 Å². The molecule has 0 radical (unpaired) electrons. The average Bonchev–Trinajstić information content (AvgIpc) is 2.42. The fraction of sp³-hybridized carbons (Fsp3) is 0.286. The van der Waals surface area contributed by atoms with Crippen LogP contribution in [0.25, 0.3) is 0 Å². The summed E-state index contributed by atoms with van der Waals surface area (Å²) in [5.41, 5.74) is 2.12. The summed E-state index contributed by atoms with van der Waals surface area (Å²) in [7, 11) is 0. The van der Waals surface area contributed by atoms with E-state index in [0.29, 0.717) is 5.02 Å². The van der Waals surface area contributed by atoms with Gasteiger partial charge in [-0.25, -0.2) is 0 Å². The summed E-state index contributed by atoms with van der Waals surface area (Å²) >= 11 is 6.15. The Kier molecular flexibility index (Phi) is 4.67. The molecule has 2 rings (SSSR count). The minimum atomic E-state index is 0.177. The van der Waals surface area contributed by atoms with Gasteiger partial charge in [0.25, 0.3) is 0 Å². The Balaban J connectivity index is 2.19. The van der Waals surface area contributed by atoms with E-state index in [1.165, 1.54) is 0 Å². The summed E-state index contributed by atoms with van der Waals surface area (Å²) < 4.78 is 0. The number of nitrogens with one attached hydrogen (secondary N) is 1. The maximum Gasteiger partial charge on any atom is 0.0622 e. The third-order valence-corrected chi connectivity index (χ3v) is 3.12. The summed E-state index contributed by atoms with van der Waals surface area (Å²) in [6, 6.07) is 8.08. The molecule has 3 nitrogen and oxygen atoms in total. The Hall–Kier alpha value is -1.45. The van der Waals surface area contributed by atoms with Crippen LogP contribution in [0.4, 0.5) is 0 Å². The maximum atomic E-state index is 6.15. The molecule has 0 spiro atoms. The van der Waals surface area contributed by atoms with Gasteiger partial charge in [-0.1, -0.05) is 24.6 Å². The van der Waals surface area contributed by atoms with Gasteiger partial charge in [-0.3, -0.25) is 9.97 Å². The summed E-state index contributed by atoms with van der Waals surface area (Å²) in [5, 5.41) is 4.14. The predicted octanol–water partition coefficient (Wildman–Crippen LogP) is 3.02. The highest BCUT2D eigenvalue weighted by atomic mass is 35.5. The molecule has 0 aliphatic carbocycles. The van der Waals surface area contributed by atoms with Gasteiger partial charge in [0.2, 0.25) is 0 Å². The molecule has 0 fully saturated rings. The number of nitrogens with zero attached hydrogens (tertiary/aromatic N) is 2. The van der Waals surface area contributed by atoms with E-state index in [1.807, 2.05) is 30.5 Å². The van der Waals surface area contributed by atoms with Gasteiger partial charge in [-0.15, -0.1) is 0 Å². The summed E-state index contributed by atoms with van der Waals surface area (Å²) in [6.45, 7) is 2.98. The first kappa shape index (κ1) is 13.0. The minimum absolute atomic E-state index is 0.177. The molecule has 18 heavy (non-hydrogen) atoms. The van der Waals surface area contributed by atoms with Gasteiger partial charge >= 0.3 is 0 Å². The molecule has 0 aromatic carbocycles. The van der Waals surface area contributed by atoms with Crippen LogP contribution in [0.5, 0.6) is 0 Å². The topological polar surface area (TPSA) is 37.8 Å². The van der Waals surface area contributed by atoms with Crippen molar-refractivity contribution in [2.75, 3.05) is 6.54 Å². The van der Waals surface area contributed by atoms with Gasteiger partial charge in [0.1, 0.15) is 0 Å². The lowest BCUT2D eigenvalue weighted by atomic mass is 10.0. The van der Waals surface area contributed by atoms with Crippen molar-refractivity contribution in [1.82, 2.24) is 15.3 Å². The number of hydrogen-bond donors (Lipinski definition) is 1. The van der Waals surface area contributed by atoms with E-state index >= 15 is 0 Å². The lowest BCUT2D eigenvalue weighted by molar-refractivity contribution is 0.536. The first-order chi connectivity index (χ1) is 8.81. The van der Waals surface area contributed by atoms with Crippen molar-refractivity contribution in [3.8, 4) is 0 Å². The third-order valence-electron chi connectivity index (χ3n) is 2.78. The van der Waals surface area contributed by atoms with Gasteiger partial charge in [0.15, 0.2) is 0 Å². The van der Waals surface area contributed by atoms with E-state index in [9.17, 15) is 0 Å². The Morgan fingerprint density at radius 1 is 1.28 bits per heavy atom. The molecule has 2 aromatic heterocycles. The van der Waals surface area contributed by atoms with Crippen LogP contribution >= 0.6 is 11.6 Å². The molecule has 2 heterocycles. The molecule has 94 valence electrons. The minimum Gasteiger partial charge on any atom is -0.309 e. The standard InChI is InChI=1S/C14H16ClN3/c1-2-17-14(13-5-3-4-7-18-13)9-11-6-8-16-10-12(11)15/h3-8,10,14,17H,2,9H2,1H3. The maximum absolute atomic E-state index is 6.15. The molecule has 4 heteroatoms. The molecule has 0 amide bonds. The van der Waals surface area contributed by atoms with E-state index in [4.69, 9.17) is 11.6 Å². The van der Waals surface area contributed by atoms with Crippen LogP contribution in [-0.4, -0.2) is 16.5 Å². The highest BCUT2D eigenvalue weighted by Gasteiger charge is 2.13. The molecule has 0 saturated heterocycles. The van der Waals surface area contributed by atoms with E-state index in [1.54, 1.807) is 12.4 Å². The van der Waals surface area contributed by atoms with Crippen molar-refractivity contribution < 1.29 is 0 Å². The van der Waals surface area contributed by atoms with Crippen molar-refractivity contribution in [3.05, 3.63) is 59.1 Å². The normalized spacial score (nSPS) is 12.3. The molecule has 2 aromatic rings. The van der Waals surface area contributed by atoms with Crippen molar-refractivity contribution in [2.24, 2.45) is 0 Å². The number of likely N-dealkylation sites (N-methyl/N-ethyl adjacent to an activating group) is 1. The van der Waals surface area contributed by atoms with Gasteiger partial charge in [0, 0.05) is 18.6 Å². The second-order valence-corrected chi connectivity index (χ2v) is 4.44. The quantitative estimate of drug-likeness (QED) is 0.899. The molecular weight excluding hydrogens is 246 g/mol. The van der Waals surface area contributed by atoms with Crippen molar-refractivity contribution in [2.45, 2.75) is 19.4 Å². The number of rotatable bonds is 5. The summed E-state index contributed by atoms with van der Waals surface area (Å²) in [4.78, 5) is 8.41. The lowest BCUT2D eigenvalue weighted by Crippen LogP contribution is -2.23. The molecular formula is C14H16ClN3. The zero-order valence-electron chi connectivity index (χ0n) is 10.3. The monoisotopic (exact) mass is 261 g/mol. The fourth-order valence-corrected chi connectivity index (χ4v) is 2.10. The second-order valence-electron chi connectivity index (χ2n) is 4.04. The van der Waals surface area contributed by atoms with Crippen LogP contribution in [0.1, 0.15) is 24.2 Å². The van der Waals surface area contributed by atoms with Crippen molar-refractivity contribution in [1.29, 1.82) is 0 Å². The first-order valence-corrected chi connectivity index (χ1v) is 6.41. The van der Waals surface area contributed by atoms with Crippen LogP contribution in [0.15, 0.2) is 42.9 Å². The second kappa shape index (κ2) is 6.47. The number of hydrogen-bond acceptors (Lipinski definition) is 3. The van der Waals surface area contributed by atoms with Gasteiger partial charge in [-0.2, -0.15) is 0 Å². The fourth-order valence-electron chi connectivity index (χ4n) is 1.90. The number of pyridine rings is 2. The largest absolute Gasteiger partial charge is 0.309 e. The highest BCUT2D eigenvalue weighted by molar-refractivity contribution is 6.31. The summed E-state index contributed by atoms with van der Waals surface area (Å²) in [6.07, 6.45) is 6.07. The van der Waals surface area contributed by atoms with E-state index in [2.05, 4.69) is 22.2 Å². The number of halogens is 1. The third kappa shape index (κ3) is 3.28. The van der Waals surface area contributed by atoms with E-state index in [-0.39, 0.29) is 6.04 Å². The molecule has 0 aliphatic heterocycles. The zero-order chi connectivity index (χ0) is 12.8. The van der Waals surface area contributed by atoms with Gasteiger partial charge in [-0.05, 0) is 36.7 Å². The highest BCUT2D eigenvalue weighted by Crippen LogP contribution is 2.21. The lowest BCUT2D eigenvalue weighted by Gasteiger charge is -2.17. The molecule has 0 saturated carbocycles. The van der Waals surface area contributed by atoms with Gasteiger partial charge in [0.05, 0.1) is 16.8 Å². The molecule has 1 N–H and O–H groups in total. The zero-order valence-corrected chi connectivity index (χ0v) is 11.1. The van der Waals surface area contributed by atoms with Crippen molar-refractivity contribution in [3.63, 3.8) is 0 Å². The predicted molar refractivity (Wildman–Crippen MR) is 73.6 cm³/mol. The SMILES string of the molecule is CCNC(Cc1ccncc1Cl)c1ccccn1. The van der Waals surface area contributed by atoms with Gasteiger partial charge < -0.3 is 5.32 Å². The summed E-state index contributed by atoms with van der Waals surface area (Å²) in [5.74, 6) is 0. The Morgan fingerprint density at radius 3 is 2.83 bits per heavy atom. The van der Waals surface area contributed by atoms with Crippen LogP contribution in [0.3, 0.4) is 0 Å². The van der Waals surface area contributed by atoms with Crippen LogP contribution in [-0.2, 0) is 6.42 Å². The smallest absolute Gasteiger partial charge is 0.0622 e. The van der Waals surface area contributed by atoms with E-state index < -0.39 is 0 Å². The number of aromatic nitrogens is 2. The Labute approximate surface area is 112 Å². The average molecular weight is 262 g/mol.